The molecular weight excluding hydrogens is 266 g/mol. The van der Waals surface area contributed by atoms with Crippen LogP contribution >= 0.6 is 11.3 Å². The second-order valence-corrected chi connectivity index (χ2v) is 4.83. The third-order valence-corrected chi connectivity index (χ3v) is 3.31. The number of non-ortho nitro benzene ring substituents is 1. The molecule has 0 aliphatic heterocycles. The summed E-state index contributed by atoms with van der Waals surface area (Å²) in [4.78, 5) is 22.8. The van der Waals surface area contributed by atoms with Crippen LogP contribution in [-0.4, -0.2) is 17.3 Å². The van der Waals surface area contributed by atoms with Crippen LogP contribution in [0.3, 0.4) is 0 Å². The van der Waals surface area contributed by atoms with E-state index >= 15 is 0 Å². The van der Waals surface area contributed by atoms with Gasteiger partial charge in [0.1, 0.15) is 6.61 Å². The molecule has 0 saturated carbocycles. The quantitative estimate of drug-likeness (QED) is 0.462. The van der Waals surface area contributed by atoms with Gasteiger partial charge in [-0.05, 0) is 23.6 Å². The van der Waals surface area contributed by atoms with E-state index in [9.17, 15) is 14.9 Å². The third kappa shape index (κ3) is 3.70. The fraction of sp³-hybridized carbons (Fsp3) is 0.154. The summed E-state index contributed by atoms with van der Waals surface area (Å²) in [5.41, 5.74) is 0.382. The molecule has 0 saturated heterocycles. The van der Waals surface area contributed by atoms with E-state index in [-0.39, 0.29) is 18.1 Å². The minimum absolute atomic E-state index is 0.0314. The summed E-state index contributed by atoms with van der Waals surface area (Å²) in [7, 11) is 0. The summed E-state index contributed by atoms with van der Waals surface area (Å²) in [6, 6.07) is 9.35. The molecule has 0 fully saturated rings. The van der Waals surface area contributed by atoms with E-state index in [2.05, 4.69) is 0 Å². The molecule has 0 bridgehead atoms. The monoisotopic (exact) mass is 277 g/mol. The predicted octanol–water partition coefficient (Wildman–Crippen LogP) is 3.06. The van der Waals surface area contributed by atoms with Crippen LogP contribution < -0.4 is 0 Å². The van der Waals surface area contributed by atoms with Crippen LogP contribution in [0, 0.1) is 10.1 Å². The van der Waals surface area contributed by atoms with Crippen LogP contribution in [0.5, 0.6) is 0 Å². The number of ketones is 1. The van der Waals surface area contributed by atoms with E-state index in [1.165, 1.54) is 24.3 Å². The molecule has 1 aromatic heterocycles. The Balaban J connectivity index is 1.87. The summed E-state index contributed by atoms with van der Waals surface area (Å²) in [5, 5.41) is 12.4. The first-order valence-corrected chi connectivity index (χ1v) is 6.42. The minimum atomic E-state index is -0.498. The fourth-order valence-corrected chi connectivity index (χ4v) is 2.13. The number of thiophene rings is 1. The number of nitro groups is 1. The number of hydrogen-bond donors (Lipinski definition) is 0. The Hall–Kier alpha value is -2.05. The van der Waals surface area contributed by atoms with Crippen molar-refractivity contribution in [3.8, 4) is 0 Å². The maximum Gasteiger partial charge on any atom is 0.269 e. The lowest BCUT2D eigenvalue weighted by atomic mass is 10.1. The Bertz CT molecular complexity index is 563. The molecule has 0 aliphatic carbocycles. The lowest BCUT2D eigenvalue weighted by Crippen LogP contribution is -2.08. The Morgan fingerprint density at radius 2 is 2.00 bits per heavy atom. The van der Waals surface area contributed by atoms with Crippen LogP contribution in [0.4, 0.5) is 5.69 Å². The standard InChI is InChI=1S/C13H11NO4S/c15-13(9-18-8-12-2-1-7-19-12)10-3-5-11(6-4-10)14(16)17/h1-7H,8-9H2. The van der Waals surface area contributed by atoms with Crippen LogP contribution in [-0.2, 0) is 11.3 Å². The molecular formula is C13H11NO4S. The van der Waals surface area contributed by atoms with E-state index in [4.69, 9.17) is 4.74 Å². The molecule has 0 aliphatic rings. The first-order chi connectivity index (χ1) is 9.16. The van der Waals surface area contributed by atoms with Gasteiger partial charge in [-0.2, -0.15) is 0 Å². The van der Waals surface area contributed by atoms with Gasteiger partial charge in [0.15, 0.2) is 5.78 Å². The number of nitrogens with zero attached hydrogens (tertiary/aromatic N) is 1. The minimum Gasteiger partial charge on any atom is -0.368 e. The molecule has 6 heteroatoms. The van der Waals surface area contributed by atoms with Crippen molar-refractivity contribution >= 4 is 22.8 Å². The lowest BCUT2D eigenvalue weighted by Gasteiger charge is -2.02. The van der Waals surface area contributed by atoms with Crippen molar-refractivity contribution < 1.29 is 14.5 Å². The van der Waals surface area contributed by atoms with Crippen LogP contribution in [0.2, 0.25) is 0 Å². The van der Waals surface area contributed by atoms with E-state index in [1.54, 1.807) is 11.3 Å². The summed E-state index contributed by atoms with van der Waals surface area (Å²) in [5.74, 6) is -0.188. The topological polar surface area (TPSA) is 69.4 Å². The summed E-state index contributed by atoms with van der Waals surface area (Å²) in [6.07, 6.45) is 0. The van der Waals surface area contributed by atoms with Crippen molar-refractivity contribution in [1.82, 2.24) is 0 Å². The van der Waals surface area contributed by atoms with Crippen molar-refractivity contribution in [3.63, 3.8) is 0 Å². The second-order valence-electron chi connectivity index (χ2n) is 3.80. The van der Waals surface area contributed by atoms with Gasteiger partial charge in [-0.3, -0.25) is 14.9 Å². The van der Waals surface area contributed by atoms with E-state index in [1.807, 2.05) is 17.5 Å². The van der Waals surface area contributed by atoms with Gasteiger partial charge < -0.3 is 4.74 Å². The van der Waals surface area contributed by atoms with Crippen molar-refractivity contribution in [3.05, 3.63) is 62.3 Å². The molecule has 2 rings (SSSR count). The molecule has 98 valence electrons. The van der Waals surface area contributed by atoms with E-state index in [0.717, 1.165) is 4.88 Å². The highest BCUT2D eigenvalue weighted by Gasteiger charge is 2.09. The van der Waals surface area contributed by atoms with Crippen LogP contribution in [0.25, 0.3) is 0 Å². The molecule has 5 nitrogen and oxygen atoms in total. The van der Waals surface area contributed by atoms with Gasteiger partial charge in [0.05, 0.1) is 11.5 Å². The van der Waals surface area contributed by atoms with Crippen molar-refractivity contribution in [2.24, 2.45) is 0 Å². The summed E-state index contributed by atoms with van der Waals surface area (Å²) in [6.45, 7) is 0.367. The molecule has 0 atom stereocenters. The van der Waals surface area contributed by atoms with Crippen LogP contribution in [0.15, 0.2) is 41.8 Å². The SMILES string of the molecule is O=C(COCc1cccs1)c1ccc([N+](=O)[O-])cc1. The zero-order chi connectivity index (χ0) is 13.7. The highest BCUT2D eigenvalue weighted by atomic mass is 32.1. The number of carbonyl (C=O) groups is 1. The molecule has 0 N–H and O–H groups in total. The first kappa shape index (κ1) is 13.4. The van der Waals surface area contributed by atoms with Crippen molar-refractivity contribution in [2.75, 3.05) is 6.61 Å². The molecule has 1 heterocycles. The lowest BCUT2D eigenvalue weighted by molar-refractivity contribution is -0.384. The Morgan fingerprint density at radius 1 is 1.26 bits per heavy atom. The zero-order valence-corrected chi connectivity index (χ0v) is 10.8. The van der Waals surface area contributed by atoms with Gasteiger partial charge in [-0.1, -0.05) is 6.07 Å². The number of ether oxygens (including phenoxy) is 1. The molecule has 0 unspecified atom stereocenters. The molecule has 1 aromatic carbocycles. The number of hydrogen-bond acceptors (Lipinski definition) is 5. The van der Waals surface area contributed by atoms with Crippen molar-refractivity contribution in [2.45, 2.75) is 6.61 Å². The number of nitro benzene ring substituents is 1. The Morgan fingerprint density at radius 3 is 2.58 bits per heavy atom. The van der Waals surface area contributed by atoms with Gasteiger partial charge in [-0.25, -0.2) is 0 Å². The maximum atomic E-state index is 11.8. The average molecular weight is 277 g/mol. The number of Topliss-reactive ketones (excluding diaryl/α,β-unsaturated/α-hetero) is 1. The molecule has 19 heavy (non-hydrogen) atoms. The number of carbonyl (C=O) groups excluding carboxylic acids is 1. The van der Waals surface area contributed by atoms with Gasteiger partial charge in [0.2, 0.25) is 0 Å². The van der Waals surface area contributed by atoms with E-state index in [0.29, 0.717) is 12.2 Å². The third-order valence-electron chi connectivity index (χ3n) is 2.46. The normalized spacial score (nSPS) is 10.3. The largest absolute Gasteiger partial charge is 0.368 e. The number of rotatable bonds is 6. The molecule has 0 amide bonds. The summed E-state index contributed by atoms with van der Waals surface area (Å²) >= 11 is 1.56. The first-order valence-electron chi connectivity index (χ1n) is 5.54. The summed E-state index contributed by atoms with van der Waals surface area (Å²) < 4.78 is 5.30. The fourth-order valence-electron chi connectivity index (χ4n) is 1.49. The molecule has 2 aromatic rings. The van der Waals surface area contributed by atoms with Gasteiger partial charge in [0, 0.05) is 22.6 Å². The molecule has 0 radical (unpaired) electrons. The Kier molecular flexibility index (Phi) is 4.38. The Labute approximate surface area is 113 Å². The van der Waals surface area contributed by atoms with Crippen molar-refractivity contribution in [1.29, 1.82) is 0 Å². The highest BCUT2D eigenvalue weighted by molar-refractivity contribution is 7.09. The molecule has 0 spiro atoms. The average Bonchev–Trinajstić information content (AvgIpc) is 2.92. The van der Waals surface area contributed by atoms with Crippen LogP contribution in [0.1, 0.15) is 15.2 Å². The highest BCUT2D eigenvalue weighted by Crippen LogP contribution is 2.13. The van der Waals surface area contributed by atoms with Gasteiger partial charge in [-0.15, -0.1) is 11.3 Å². The zero-order valence-electron chi connectivity index (χ0n) is 9.94. The van der Waals surface area contributed by atoms with E-state index < -0.39 is 4.92 Å². The smallest absolute Gasteiger partial charge is 0.269 e. The predicted molar refractivity (Wildman–Crippen MR) is 71.4 cm³/mol. The number of benzene rings is 1. The van der Waals surface area contributed by atoms with Gasteiger partial charge in [0.25, 0.3) is 5.69 Å². The second kappa shape index (κ2) is 6.21. The van der Waals surface area contributed by atoms with Gasteiger partial charge >= 0.3 is 0 Å². The maximum absolute atomic E-state index is 11.8.